The van der Waals surface area contributed by atoms with Crippen LogP contribution in [0.4, 0.5) is 0 Å². The number of rotatable bonds is 5. The molecule has 0 heterocycles. The molecule has 2 rings (SSSR count). The molecule has 2 nitrogen and oxygen atoms in total. The van der Waals surface area contributed by atoms with Crippen LogP contribution < -0.4 is 5.32 Å². The van der Waals surface area contributed by atoms with Gasteiger partial charge in [0.05, 0.1) is 6.10 Å². The first-order valence-corrected chi connectivity index (χ1v) is 6.66. The van der Waals surface area contributed by atoms with Crippen LogP contribution in [-0.2, 0) is 0 Å². The van der Waals surface area contributed by atoms with Crippen LogP contribution in [0.3, 0.4) is 0 Å². The van der Waals surface area contributed by atoms with Crippen molar-refractivity contribution in [2.45, 2.75) is 32.4 Å². The third-order valence-electron chi connectivity index (χ3n) is 3.40. The summed E-state index contributed by atoms with van der Waals surface area (Å²) in [5.74, 6) is 0. The third-order valence-corrected chi connectivity index (χ3v) is 3.40. The largest absolute Gasteiger partial charge is 0.387 e. The molecule has 0 aliphatic rings. The molecule has 0 bridgehead atoms. The first-order chi connectivity index (χ1) is 8.76. The van der Waals surface area contributed by atoms with E-state index in [9.17, 15) is 5.11 Å². The van der Waals surface area contributed by atoms with E-state index in [4.69, 9.17) is 0 Å². The Hall–Kier alpha value is -1.38. The second kappa shape index (κ2) is 5.98. The molecule has 0 fully saturated rings. The quantitative estimate of drug-likeness (QED) is 0.844. The molecule has 0 aliphatic carbocycles. The predicted molar refractivity (Wildman–Crippen MR) is 76.7 cm³/mol. The van der Waals surface area contributed by atoms with Crippen LogP contribution in [0, 0.1) is 0 Å². The number of aliphatic hydroxyl groups excluding tert-OH is 1. The maximum absolute atomic E-state index is 10.4. The van der Waals surface area contributed by atoms with E-state index in [1.54, 1.807) is 0 Å². The molecule has 0 aromatic heterocycles. The lowest BCUT2D eigenvalue weighted by Gasteiger charge is -2.23. The lowest BCUT2D eigenvalue weighted by Crippen LogP contribution is -2.34. The fourth-order valence-corrected chi connectivity index (χ4v) is 2.37. The Morgan fingerprint density at radius 3 is 2.44 bits per heavy atom. The molecular formula is C16H21NO. The fraction of sp³-hybridized carbons (Fsp3) is 0.375. The Kier molecular flexibility index (Phi) is 4.34. The number of aliphatic hydroxyl groups is 1. The molecule has 2 atom stereocenters. The first kappa shape index (κ1) is 13.1. The number of likely N-dealkylation sites (N-methyl/N-ethyl adjacent to an activating group) is 1. The van der Waals surface area contributed by atoms with E-state index in [-0.39, 0.29) is 6.04 Å². The maximum Gasteiger partial charge on any atom is 0.0943 e. The van der Waals surface area contributed by atoms with E-state index in [2.05, 4.69) is 43.4 Å². The van der Waals surface area contributed by atoms with E-state index in [1.165, 1.54) is 10.8 Å². The normalized spacial score (nSPS) is 14.6. The third kappa shape index (κ3) is 2.71. The predicted octanol–water partition coefficient (Wildman–Crippen LogP) is 3.26. The molecule has 0 amide bonds. The van der Waals surface area contributed by atoms with Crippen LogP contribution in [0.15, 0.2) is 42.5 Å². The van der Waals surface area contributed by atoms with E-state index in [0.717, 1.165) is 18.5 Å². The number of hydrogen-bond acceptors (Lipinski definition) is 2. The van der Waals surface area contributed by atoms with Crippen molar-refractivity contribution >= 4 is 10.8 Å². The maximum atomic E-state index is 10.4. The zero-order valence-corrected chi connectivity index (χ0v) is 11.1. The van der Waals surface area contributed by atoms with E-state index >= 15 is 0 Å². The summed E-state index contributed by atoms with van der Waals surface area (Å²) < 4.78 is 0. The van der Waals surface area contributed by atoms with Gasteiger partial charge in [-0.2, -0.15) is 0 Å². The van der Waals surface area contributed by atoms with Crippen molar-refractivity contribution in [3.05, 3.63) is 48.0 Å². The molecule has 2 N–H and O–H groups in total. The van der Waals surface area contributed by atoms with Crippen LogP contribution in [0.2, 0.25) is 0 Å². The molecule has 2 unspecified atom stereocenters. The van der Waals surface area contributed by atoms with Crippen molar-refractivity contribution in [1.29, 1.82) is 0 Å². The minimum absolute atomic E-state index is 0.121. The standard InChI is InChI=1S/C16H21NO/c1-3-15(17-4-2)16(18)14-10-9-12-7-5-6-8-13(12)11-14/h5-11,15-18H,3-4H2,1-2H3. The summed E-state index contributed by atoms with van der Waals surface area (Å²) in [4.78, 5) is 0. The molecule has 18 heavy (non-hydrogen) atoms. The highest BCUT2D eigenvalue weighted by Crippen LogP contribution is 2.23. The van der Waals surface area contributed by atoms with Crippen LogP contribution >= 0.6 is 0 Å². The molecule has 0 aliphatic heterocycles. The Morgan fingerprint density at radius 2 is 1.78 bits per heavy atom. The van der Waals surface area contributed by atoms with Crippen molar-refractivity contribution in [3.8, 4) is 0 Å². The Labute approximate surface area is 109 Å². The second-order valence-electron chi connectivity index (χ2n) is 4.62. The molecular weight excluding hydrogens is 222 g/mol. The van der Waals surface area contributed by atoms with Gasteiger partial charge < -0.3 is 10.4 Å². The zero-order chi connectivity index (χ0) is 13.0. The van der Waals surface area contributed by atoms with Gasteiger partial charge in [-0.1, -0.05) is 50.2 Å². The Balaban J connectivity index is 2.29. The van der Waals surface area contributed by atoms with E-state index < -0.39 is 6.10 Å². The Bertz CT molecular complexity index is 509. The van der Waals surface area contributed by atoms with Gasteiger partial charge in [-0.25, -0.2) is 0 Å². The lowest BCUT2D eigenvalue weighted by atomic mass is 9.97. The number of nitrogens with one attached hydrogen (secondary N) is 1. The molecule has 2 aromatic carbocycles. The van der Waals surface area contributed by atoms with Crippen molar-refractivity contribution in [2.75, 3.05) is 6.54 Å². The SMILES string of the molecule is CCNC(CC)C(O)c1ccc2ccccc2c1. The molecule has 96 valence electrons. The van der Waals surface area contributed by atoms with Crippen molar-refractivity contribution < 1.29 is 5.11 Å². The summed E-state index contributed by atoms with van der Waals surface area (Å²) in [5.41, 5.74) is 0.988. The minimum atomic E-state index is -0.445. The van der Waals surface area contributed by atoms with Crippen molar-refractivity contribution in [1.82, 2.24) is 5.32 Å². The average Bonchev–Trinajstić information content (AvgIpc) is 2.43. The van der Waals surface area contributed by atoms with Crippen molar-refractivity contribution in [3.63, 3.8) is 0 Å². The molecule has 2 aromatic rings. The zero-order valence-electron chi connectivity index (χ0n) is 11.1. The first-order valence-electron chi connectivity index (χ1n) is 6.66. The van der Waals surface area contributed by atoms with Gasteiger partial charge in [0.2, 0.25) is 0 Å². The monoisotopic (exact) mass is 243 g/mol. The number of benzene rings is 2. The van der Waals surface area contributed by atoms with Gasteiger partial charge in [-0.05, 0) is 35.4 Å². The van der Waals surface area contributed by atoms with E-state index in [0.29, 0.717) is 0 Å². The van der Waals surface area contributed by atoms with Gasteiger partial charge in [0.25, 0.3) is 0 Å². The molecule has 0 saturated heterocycles. The van der Waals surface area contributed by atoms with Crippen molar-refractivity contribution in [2.24, 2.45) is 0 Å². The summed E-state index contributed by atoms with van der Waals surface area (Å²) in [6.45, 7) is 5.04. The average molecular weight is 243 g/mol. The van der Waals surface area contributed by atoms with Gasteiger partial charge in [-0.15, -0.1) is 0 Å². The van der Waals surface area contributed by atoms with Gasteiger partial charge in [0, 0.05) is 6.04 Å². The molecule has 0 saturated carbocycles. The van der Waals surface area contributed by atoms with Gasteiger partial charge >= 0.3 is 0 Å². The minimum Gasteiger partial charge on any atom is -0.387 e. The van der Waals surface area contributed by atoms with E-state index in [1.807, 2.05) is 18.2 Å². The summed E-state index contributed by atoms with van der Waals surface area (Å²) in [5, 5.41) is 16.1. The number of hydrogen-bond donors (Lipinski definition) is 2. The van der Waals surface area contributed by atoms with Gasteiger partial charge in [-0.3, -0.25) is 0 Å². The molecule has 0 spiro atoms. The van der Waals surface area contributed by atoms with Crippen LogP contribution in [0.1, 0.15) is 31.9 Å². The smallest absolute Gasteiger partial charge is 0.0943 e. The Morgan fingerprint density at radius 1 is 1.06 bits per heavy atom. The van der Waals surface area contributed by atoms with Crippen LogP contribution in [-0.4, -0.2) is 17.7 Å². The highest BCUT2D eigenvalue weighted by molar-refractivity contribution is 5.83. The summed E-state index contributed by atoms with van der Waals surface area (Å²) in [7, 11) is 0. The summed E-state index contributed by atoms with van der Waals surface area (Å²) in [6.07, 6.45) is 0.474. The summed E-state index contributed by atoms with van der Waals surface area (Å²) >= 11 is 0. The highest BCUT2D eigenvalue weighted by atomic mass is 16.3. The topological polar surface area (TPSA) is 32.3 Å². The fourth-order valence-electron chi connectivity index (χ4n) is 2.37. The van der Waals surface area contributed by atoms with Gasteiger partial charge in [0.15, 0.2) is 0 Å². The van der Waals surface area contributed by atoms with Crippen LogP contribution in [0.5, 0.6) is 0 Å². The lowest BCUT2D eigenvalue weighted by molar-refractivity contribution is 0.127. The highest BCUT2D eigenvalue weighted by Gasteiger charge is 2.18. The van der Waals surface area contributed by atoms with Crippen LogP contribution in [0.25, 0.3) is 10.8 Å². The number of fused-ring (bicyclic) bond motifs is 1. The molecule has 2 heteroatoms. The second-order valence-corrected chi connectivity index (χ2v) is 4.62. The van der Waals surface area contributed by atoms with Gasteiger partial charge in [0.1, 0.15) is 0 Å². The molecule has 0 radical (unpaired) electrons. The summed E-state index contributed by atoms with van der Waals surface area (Å²) in [6, 6.07) is 14.5.